The van der Waals surface area contributed by atoms with Gasteiger partial charge in [0.1, 0.15) is 0 Å². The smallest absolute Gasteiger partial charge is 0.296 e. The zero-order valence-electron chi connectivity index (χ0n) is 15.0. The van der Waals surface area contributed by atoms with Crippen molar-refractivity contribution < 1.29 is 18.0 Å². The number of amides is 1. The minimum absolute atomic E-state index is 0.0883. The summed E-state index contributed by atoms with van der Waals surface area (Å²) in [4.78, 5) is 12.2. The quantitative estimate of drug-likeness (QED) is 0.421. The van der Waals surface area contributed by atoms with Crippen LogP contribution in [0.15, 0.2) is 46.8 Å². The van der Waals surface area contributed by atoms with E-state index in [4.69, 9.17) is 0 Å². The Morgan fingerprint density at radius 3 is 2.68 bits per heavy atom. The van der Waals surface area contributed by atoms with Gasteiger partial charge in [0.25, 0.3) is 5.91 Å². The third kappa shape index (κ3) is 5.11. The molecule has 4 nitrogen and oxygen atoms in total. The summed E-state index contributed by atoms with van der Waals surface area (Å²) in [5, 5.41) is 10.7. The average molecular weight is 423 g/mol. The SMILES string of the molecule is Cc1ccc(C)c(CSc2nnc(NC(=O)c3cccc(C(F)(F)F)c3)s2)c1. The minimum atomic E-state index is -4.50. The van der Waals surface area contributed by atoms with Crippen LogP contribution in [-0.2, 0) is 11.9 Å². The molecule has 0 saturated carbocycles. The molecule has 0 aliphatic carbocycles. The van der Waals surface area contributed by atoms with Gasteiger partial charge < -0.3 is 0 Å². The van der Waals surface area contributed by atoms with Gasteiger partial charge in [-0.1, -0.05) is 52.9 Å². The van der Waals surface area contributed by atoms with E-state index in [-0.39, 0.29) is 10.7 Å². The van der Waals surface area contributed by atoms with E-state index < -0.39 is 17.6 Å². The molecule has 146 valence electrons. The molecular formula is C19H16F3N3OS2. The number of thioether (sulfide) groups is 1. The maximum Gasteiger partial charge on any atom is 0.416 e. The molecule has 1 amide bonds. The van der Waals surface area contributed by atoms with Crippen molar-refractivity contribution in [2.24, 2.45) is 0 Å². The largest absolute Gasteiger partial charge is 0.416 e. The number of alkyl halides is 3. The molecule has 0 radical (unpaired) electrons. The summed E-state index contributed by atoms with van der Waals surface area (Å²) >= 11 is 2.67. The van der Waals surface area contributed by atoms with Gasteiger partial charge >= 0.3 is 6.18 Å². The van der Waals surface area contributed by atoms with Crippen LogP contribution in [0.3, 0.4) is 0 Å². The highest BCUT2D eigenvalue weighted by molar-refractivity contribution is 8.00. The van der Waals surface area contributed by atoms with Gasteiger partial charge in [0.15, 0.2) is 4.34 Å². The molecule has 3 rings (SSSR count). The Balaban J connectivity index is 1.64. The van der Waals surface area contributed by atoms with Crippen molar-refractivity contribution in [3.05, 3.63) is 70.3 Å². The molecule has 2 aromatic carbocycles. The summed E-state index contributed by atoms with van der Waals surface area (Å²) in [5.74, 6) is 0.0531. The third-order valence-electron chi connectivity index (χ3n) is 3.93. The van der Waals surface area contributed by atoms with Crippen molar-refractivity contribution in [3.8, 4) is 0 Å². The summed E-state index contributed by atoms with van der Waals surface area (Å²) in [5.41, 5.74) is 2.58. The van der Waals surface area contributed by atoms with Crippen molar-refractivity contribution in [1.82, 2.24) is 10.2 Å². The van der Waals surface area contributed by atoms with Gasteiger partial charge in [-0.2, -0.15) is 13.2 Å². The lowest BCUT2D eigenvalue weighted by Gasteiger charge is -2.08. The van der Waals surface area contributed by atoms with Gasteiger partial charge in [0, 0.05) is 11.3 Å². The number of aryl methyl sites for hydroxylation is 2. The van der Waals surface area contributed by atoms with Crippen molar-refractivity contribution in [2.45, 2.75) is 30.1 Å². The summed E-state index contributed by atoms with van der Waals surface area (Å²) in [6.45, 7) is 4.07. The first-order valence-electron chi connectivity index (χ1n) is 8.23. The first-order valence-corrected chi connectivity index (χ1v) is 10.0. The fourth-order valence-corrected chi connectivity index (χ4v) is 4.23. The van der Waals surface area contributed by atoms with Crippen LogP contribution in [0.4, 0.5) is 18.3 Å². The number of hydrogen-bond acceptors (Lipinski definition) is 5. The maximum absolute atomic E-state index is 12.8. The molecule has 1 N–H and O–H groups in total. The fourth-order valence-electron chi connectivity index (χ4n) is 2.42. The molecule has 0 fully saturated rings. The predicted octanol–water partition coefficient (Wildman–Crippen LogP) is 5.72. The molecule has 0 atom stereocenters. The standard InChI is InChI=1S/C19H16F3N3OS2/c1-11-6-7-12(2)14(8-11)10-27-18-25-24-17(28-18)23-16(26)13-4-3-5-15(9-13)19(20,21)22/h3-9H,10H2,1-2H3,(H,23,24,26). The lowest BCUT2D eigenvalue weighted by atomic mass is 10.1. The summed E-state index contributed by atoms with van der Waals surface area (Å²) in [6, 6.07) is 10.5. The van der Waals surface area contributed by atoms with E-state index in [2.05, 4.69) is 33.7 Å². The number of carbonyl (C=O) groups excluding carboxylic acids is 1. The second-order valence-corrected chi connectivity index (χ2v) is 8.32. The second kappa shape index (κ2) is 8.32. The molecule has 28 heavy (non-hydrogen) atoms. The summed E-state index contributed by atoms with van der Waals surface area (Å²) in [6.07, 6.45) is -4.50. The van der Waals surface area contributed by atoms with Crippen LogP contribution < -0.4 is 5.32 Å². The summed E-state index contributed by atoms with van der Waals surface area (Å²) in [7, 11) is 0. The van der Waals surface area contributed by atoms with Crippen LogP contribution in [0.5, 0.6) is 0 Å². The van der Waals surface area contributed by atoms with Crippen molar-refractivity contribution in [1.29, 1.82) is 0 Å². The zero-order valence-corrected chi connectivity index (χ0v) is 16.6. The molecule has 0 bridgehead atoms. The lowest BCUT2D eigenvalue weighted by molar-refractivity contribution is -0.137. The lowest BCUT2D eigenvalue weighted by Crippen LogP contribution is -2.13. The van der Waals surface area contributed by atoms with Crippen LogP contribution in [0.2, 0.25) is 0 Å². The van der Waals surface area contributed by atoms with Crippen LogP contribution in [0.25, 0.3) is 0 Å². The van der Waals surface area contributed by atoms with Gasteiger partial charge in [-0.15, -0.1) is 10.2 Å². The van der Waals surface area contributed by atoms with Crippen molar-refractivity contribution in [3.63, 3.8) is 0 Å². The first kappa shape index (κ1) is 20.3. The van der Waals surface area contributed by atoms with E-state index in [1.54, 1.807) is 0 Å². The maximum atomic E-state index is 12.8. The Morgan fingerprint density at radius 1 is 1.14 bits per heavy atom. The number of benzene rings is 2. The topological polar surface area (TPSA) is 54.9 Å². The Kier molecular flexibility index (Phi) is 6.04. The van der Waals surface area contributed by atoms with Gasteiger partial charge in [-0.25, -0.2) is 0 Å². The molecule has 1 aromatic heterocycles. The van der Waals surface area contributed by atoms with Gasteiger partial charge in [-0.3, -0.25) is 10.1 Å². The fraction of sp³-hybridized carbons (Fsp3) is 0.211. The number of halogens is 3. The second-order valence-electron chi connectivity index (χ2n) is 6.12. The highest BCUT2D eigenvalue weighted by Crippen LogP contribution is 2.31. The van der Waals surface area contributed by atoms with E-state index in [1.807, 2.05) is 13.8 Å². The van der Waals surface area contributed by atoms with Gasteiger partial charge in [0.2, 0.25) is 5.13 Å². The molecule has 0 aliphatic rings. The molecular weight excluding hydrogens is 407 g/mol. The Labute approximate surface area is 168 Å². The number of nitrogens with one attached hydrogen (secondary N) is 1. The van der Waals surface area contributed by atoms with E-state index in [0.717, 1.165) is 12.1 Å². The molecule has 0 spiro atoms. The minimum Gasteiger partial charge on any atom is -0.296 e. The third-order valence-corrected chi connectivity index (χ3v) is 5.96. The van der Waals surface area contributed by atoms with E-state index in [9.17, 15) is 18.0 Å². The number of rotatable bonds is 5. The normalized spacial score (nSPS) is 11.5. The summed E-state index contributed by atoms with van der Waals surface area (Å²) < 4.78 is 39.0. The number of anilines is 1. The molecule has 3 aromatic rings. The predicted molar refractivity (Wildman–Crippen MR) is 105 cm³/mol. The van der Waals surface area contributed by atoms with Crippen molar-refractivity contribution in [2.75, 3.05) is 5.32 Å². The van der Waals surface area contributed by atoms with E-state index in [0.29, 0.717) is 10.1 Å². The van der Waals surface area contributed by atoms with Crippen LogP contribution in [0.1, 0.15) is 32.6 Å². The Bertz CT molecular complexity index is 1000. The van der Waals surface area contributed by atoms with Crippen molar-refractivity contribution >= 4 is 34.1 Å². The van der Waals surface area contributed by atoms with Crippen LogP contribution in [-0.4, -0.2) is 16.1 Å². The van der Waals surface area contributed by atoms with Gasteiger partial charge in [0.05, 0.1) is 5.56 Å². The first-order chi connectivity index (χ1) is 13.2. The Morgan fingerprint density at radius 2 is 1.93 bits per heavy atom. The number of hydrogen-bond donors (Lipinski definition) is 1. The molecule has 1 heterocycles. The molecule has 9 heteroatoms. The molecule has 0 unspecified atom stereocenters. The van der Waals surface area contributed by atoms with Crippen LogP contribution >= 0.6 is 23.1 Å². The number of aromatic nitrogens is 2. The van der Waals surface area contributed by atoms with Gasteiger partial charge in [-0.05, 0) is 43.2 Å². The highest BCUT2D eigenvalue weighted by Gasteiger charge is 2.31. The Hall–Kier alpha value is -2.39. The van der Waals surface area contributed by atoms with E-state index >= 15 is 0 Å². The van der Waals surface area contributed by atoms with Crippen LogP contribution in [0, 0.1) is 13.8 Å². The average Bonchev–Trinajstić information content (AvgIpc) is 3.09. The monoisotopic (exact) mass is 423 g/mol. The highest BCUT2D eigenvalue weighted by atomic mass is 32.2. The van der Waals surface area contributed by atoms with E-state index in [1.165, 1.54) is 51.9 Å². The number of carbonyl (C=O) groups is 1. The molecule has 0 saturated heterocycles. The zero-order chi connectivity index (χ0) is 20.3. The molecule has 0 aliphatic heterocycles. The number of nitrogens with zero attached hydrogens (tertiary/aromatic N) is 2.